The third kappa shape index (κ3) is 3.00. The fourth-order valence-corrected chi connectivity index (χ4v) is 1.87. The highest BCUT2D eigenvalue weighted by Gasteiger charge is 2.05. The van der Waals surface area contributed by atoms with Gasteiger partial charge >= 0.3 is 0 Å². The first-order valence-electron chi connectivity index (χ1n) is 5.31. The molecular weight excluding hydrogens is 270 g/mol. The molecule has 0 amide bonds. The lowest BCUT2D eigenvalue weighted by atomic mass is 10.2. The molecule has 18 heavy (non-hydrogen) atoms. The van der Waals surface area contributed by atoms with Crippen molar-refractivity contribution in [2.75, 3.05) is 5.32 Å². The summed E-state index contributed by atoms with van der Waals surface area (Å²) in [4.78, 5) is 0.329. The number of aryl methyl sites for hydroxylation is 1. The average molecular weight is 282 g/mol. The van der Waals surface area contributed by atoms with E-state index in [0.717, 1.165) is 22.7 Å². The van der Waals surface area contributed by atoms with E-state index >= 15 is 0 Å². The standard InChI is InChI=1S/C12H12ClN3OS/c1-7-4-9(16-17-7)6-15-11-3-2-8(12(14)18)5-10(11)13/h2-5,15H,6H2,1H3,(H2,14,18). The third-order valence-electron chi connectivity index (χ3n) is 2.39. The van der Waals surface area contributed by atoms with Crippen molar-refractivity contribution in [3.05, 3.63) is 46.3 Å². The van der Waals surface area contributed by atoms with Crippen LogP contribution in [-0.4, -0.2) is 10.1 Å². The Morgan fingerprint density at radius 3 is 2.83 bits per heavy atom. The van der Waals surface area contributed by atoms with Crippen LogP contribution in [0.4, 0.5) is 5.69 Å². The van der Waals surface area contributed by atoms with E-state index in [0.29, 0.717) is 16.6 Å². The Balaban J connectivity index is 2.08. The quantitative estimate of drug-likeness (QED) is 0.844. The summed E-state index contributed by atoms with van der Waals surface area (Å²) >= 11 is 11.0. The molecule has 0 radical (unpaired) electrons. The Morgan fingerprint density at radius 2 is 2.28 bits per heavy atom. The highest BCUT2D eigenvalue weighted by atomic mass is 35.5. The molecule has 4 nitrogen and oxygen atoms in total. The van der Waals surface area contributed by atoms with Gasteiger partial charge in [0.2, 0.25) is 0 Å². The number of nitrogens with two attached hydrogens (primary N) is 1. The second-order valence-electron chi connectivity index (χ2n) is 3.84. The van der Waals surface area contributed by atoms with Gasteiger partial charge in [0, 0.05) is 11.6 Å². The number of hydrogen-bond donors (Lipinski definition) is 2. The van der Waals surface area contributed by atoms with E-state index in [2.05, 4.69) is 10.5 Å². The van der Waals surface area contributed by atoms with Crippen molar-refractivity contribution >= 4 is 34.5 Å². The summed E-state index contributed by atoms with van der Waals surface area (Å²) in [5, 5.41) is 7.63. The molecule has 1 aromatic heterocycles. The van der Waals surface area contributed by atoms with Crippen LogP contribution < -0.4 is 11.1 Å². The third-order valence-corrected chi connectivity index (χ3v) is 2.94. The zero-order valence-corrected chi connectivity index (χ0v) is 11.3. The van der Waals surface area contributed by atoms with Gasteiger partial charge in [-0.15, -0.1) is 0 Å². The number of anilines is 1. The number of nitrogens with one attached hydrogen (secondary N) is 1. The summed E-state index contributed by atoms with van der Waals surface area (Å²) < 4.78 is 4.98. The van der Waals surface area contributed by atoms with Gasteiger partial charge in [0.05, 0.1) is 17.3 Å². The van der Waals surface area contributed by atoms with Crippen molar-refractivity contribution in [2.24, 2.45) is 5.73 Å². The predicted molar refractivity (Wildman–Crippen MR) is 75.9 cm³/mol. The largest absolute Gasteiger partial charge is 0.389 e. The van der Waals surface area contributed by atoms with Crippen LogP contribution in [-0.2, 0) is 6.54 Å². The molecule has 0 spiro atoms. The van der Waals surface area contributed by atoms with Crippen LogP contribution in [0.25, 0.3) is 0 Å². The maximum absolute atomic E-state index is 6.12. The number of nitrogens with zero attached hydrogens (tertiary/aromatic N) is 1. The van der Waals surface area contributed by atoms with Crippen LogP contribution in [0, 0.1) is 6.92 Å². The molecule has 0 fully saturated rings. The molecule has 1 heterocycles. The molecule has 2 aromatic rings. The lowest BCUT2D eigenvalue weighted by molar-refractivity contribution is 0.391. The summed E-state index contributed by atoms with van der Waals surface area (Å²) in [6, 6.07) is 7.26. The summed E-state index contributed by atoms with van der Waals surface area (Å²) in [6.45, 7) is 2.39. The van der Waals surface area contributed by atoms with Gasteiger partial charge in [0.1, 0.15) is 16.4 Å². The molecule has 0 aliphatic carbocycles. The van der Waals surface area contributed by atoms with Gasteiger partial charge in [-0.05, 0) is 25.1 Å². The zero-order chi connectivity index (χ0) is 13.1. The van der Waals surface area contributed by atoms with Crippen molar-refractivity contribution in [1.29, 1.82) is 0 Å². The van der Waals surface area contributed by atoms with Gasteiger partial charge in [0.25, 0.3) is 0 Å². The normalized spacial score (nSPS) is 10.3. The highest BCUT2D eigenvalue weighted by Crippen LogP contribution is 2.23. The molecule has 2 rings (SSSR count). The molecule has 0 aliphatic heterocycles. The van der Waals surface area contributed by atoms with Crippen molar-refractivity contribution in [1.82, 2.24) is 5.16 Å². The van der Waals surface area contributed by atoms with E-state index in [1.54, 1.807) is 6.07 Å². The molecule has 94 valence electrons. The summed E-state index contributed by atoms with van der Waals surface area (Å²) in [5.41, 5.74) is 7.90. The lowest BCUT2D eigenvalue weighted by Gasteiger charge is -2.08. The minimum absolute atomic E-state index is 0.329. The van der Waals surface area contributed by atoms with Gasteiger partial charge in [0.15, 0.2) is 0 Å². The molecular formula is C12H12ClN3OS. The smallest absolute Gasteiger partial charge is 0.133 e. The van der Waals surface area contributed by atoms with Crippen LogP contribution in [0.1, 0.15) is 17.0 Å². The van der Waals surface area contributed by atoms with Gasteiger partial charge < -0.3 is 15.6 Å². The minimum Gasteiger partial charge on any atom is -0.389 e. The van der Waals surface area contributed by atoms with Crippen LogP contribution in [0.3, 0.4) is 0 Å². The minimum atomic E-state index is 0.329. The number of benzene rings is 1. The fourth-order valence-electron chi connectivity index (χ4n) is 1.50. The van der Waals surface area contributed by atoms with E-state index in [1.165, 1.54) is 0 Å². The summed E-state index contributed by atoms with van der Waals surface area (Å²) in [7, 11) is 0. The van der Waals surface area contributed by atoms with Gasteiger partial charge in [-0.3, -0.25) is 0 Å². The van der Waals surface area contributed by atoms with E-state index < -0.39 is 0 Å². The topological polar surface area (TPSA) is 64.1 Å². The highest BCUT2D eigenvalue weighted by molar-refractivity contribution is 7.80. The van der Waals surface area contributed by atoms with Gasteiger partial charge in [-0.25, -0.2) is 0 Å². The van der Waals surface area contributed by atoms with Crippen LogP contribution in [0.5, 0.6) is 0 Å². The first-order valence-corrected chi connectivity index (χ1v) is 6.10. The van der Waals surface area contributed by atoms with E-state index in [4.69, 9.17) is 34.1 Å². The van der Waals surface area contributed by atoms with Gasteiger partial charge in [-0.2, -0.15) is 0 Å². The van der Waals surface area contributed by atoms with Crippen molar-refractivity contribution in [3.63, 3.8) is 0 Å². The first-order chi connectivity index (χ1) is 8.56. The number of aromatic nitrogens is 1. The number of thiocarbonyl (C=S) groups is 1. The van der Waals surface area contributed by atoms with Crippen molar-refractivity contribution in [3.8, 4) is 0 Å². The van der Waals surface area contributed by atoms with Crippen LogP contribution in [0.2, 0.25) is 5.02 Å². The monoisotopic (exact) mass is 281 g/mol. The first kappa shape index (κ1) is 12.9. The summed E-state index contributed by atoms with van der Waals surface area (Å²) in [6.07, 6.45) is 0. The van der Waals surface area contributed by atoms with E-state index in [1.807, 2.05) is 25.1 Å². The second kappa shape index (κ2) is 5.37. The second-order valence-corrected chi connectivity index (χ2v) is 4.69. The Bertz CT molecular complexity index is 582. The lowest BCUT2D eigenvalue weighted by Crippen LogP contribution is -2.09. The molecule has 6 heteroatoms. The maximum atomic E-state index is 6.12. The molecule has 0 saturated heterocycles. The number of rotatable bonds is 4. The van der Waals surface area contributed by atoms with Crippen LogP contribution in [0.15, 0.2) is 28.8 Å². The predicted octanol–water partition coefficient (Wildman–Crippen LogP) is 2.88. The fraction of sp³-hybridized carbons (Fsp3) is 0.167. The Kier molecular flexibility index (Phi) is 3.84. The Hall–Kier alpha value is -1.59. The van der Waals surface area contributed by atoms with Crippen molar-refractivity contribution in [2.45, 2.75) is 13.5 Å². The van der Waals surface area contributed by atoms with E-state index in [-0.39, 0.29) is 0 Å². The Labute approximate surface area is 115 Å². The molecule has 3 N–H and O–H groups in total. The Morgan fingerprint density at radius 1 is 1.50 bits per heavy atom. The molecule has 1 aromatic carbocycles. The SMILES string of the molecule is Cc1cc(CNc2ccc(C(N)=S)cc2Cl)no1. The maximum Gasteiger partial charge on any atom is 0.133 e. The van der Waals surface area contributed by atoms with E-state index in [9.17, 15) is 0 Å². The summed E-state index contributed by atoms with van der Waals surface area (Å²) in [5.74, 6) is 0.779. The molecule has 0 saturated carbocycles. The number of halogens is 1. The number of hydrogen-bond acceptors (Lipinski definition) is 4. The van der Waals surface area contributed by atoms with Crippen molar-refractivity contribution < 1.29 is 4.52 Å². The molecule has 0 atom stereocenters. The van der Waals surface area contributed by atoms with Gasteiger partial charge in [-0.1, -0.05) is 29.0 Å². The van der Waals surface area contributed by atoms with Crippen LogP contribution >= 0.6 is 23.8 Å². The average Bonchev–Trinajstić information content (AvgIpc) is 2.73. The molecule has 0 aliphatic rings. The molecule has 0 unspecified atom stereocenters. The zero-order valence-electron chi connectivity index (χ0n) is 9.74. The molecule has 0 bridgehead atoms.